The van der Waals surface area contributed by atoms with Gasteiger partial charge in [-0.1, -0.05) is 0 Å². The predicted octanol–water partition coefficient (Wildman–Crippen LogP) is -0.525. The van der Waals surface area contributed by atoms with Crippen molar-refractivity contribution in [2.45, 2.75) is 18.9 Å². The first-order valence-electron chi connectivity index (χ1n) is 4.93. The van der Waals surface area contributed by atoms with E-state index in [4.69, 9.17) is 9.47 Å². The molecule has 5 nitrogen and oxygen atoms in total. The number of nitrogens with one attached hydrogen (secondary N) is 2. The van der Waals surface area contributed by atoms with Crippen molar-refractivity contribution in [1.29, 1.82) is 0 Å². The van der Waals surface area contributed by atoms with Crippen molar-refractivity contribution in [1.82, 2.24) is 10.6 Å². The van der Waals surface area contributed by atoms with E-state index in [9.17, 15) is 4.79 Å². The number of amides is 1. The standard InChI is InChI=1S/C9H18N2O3/c1-10-9(12)2-4-11-6-8-3-5-13-7-14-8/h8,11H,2-7H2,1H3,(H,10,12). The quantitative estimate of drug-likeness (QED) is 0.589. The molecule has 1 aliphatic rings. The molecule has 0 spiro atoms. The summed E-state index contributed by atoms with van der Waals surface area (Å²) in [5.74, 6) is 0.0606. The molecule has 1 amide bonds. The van der Waals surface area contributed by atoms with Crippen LogP contribution in [0.4, 0.5) is 0 Å². The molecule has 0 aromatic rings. The molecular formula is C9H18N2O3. The number of hydrogen-bond acceptors (Lipinski definition) is 4. The first kappa shape index (κ1) is 11.4. The summed E-state index contributed by atoms with van der Waals surface area (Å²) in [5.41, 5.74) is 0. The molecule has 1 heterocycles. The molecule has 1 saturated heterocycles. The number of carbonyl (C=O) groups excluding carboxylic acids is 1. The SMILES string of the molecule is CNC(=O)CCNCC1CCOCO1. The Hall–Kier alpha value is -0.650. The molecule has 2 N–H and O–H groups in total. The van der Waals surface area contributed by atoms with E-state index in [-0.39, 0.29) is 12.0 Å². The zero-order valence-electron chi connectivity index (χ0n) is 8.54. The molecule has 5 heteroatoms. The van der Waals surface area contributed by atoms with Gasteiger partial charge in [0.25, 0.3) is 0 Å². The van der Waals surface area contributed by atoms with Gasteiger partial charge in [-0.2, -0.15) is 0 Å². The van der Waals surface area contributed by atoms with E-state index >= 15 is 0 Å². The van der Waals surface area contributed by atoms with E-state index in [1.165, 1.54) is 0 Å². The molecule has 0 aromatic heterocycles. The van der Waals surface area contributed by atoms with Crippen LogP contribution >= 0.6 is 0 Å². The Labute approximate surface area is 84.1 Å². The Balaban J connectivity index is 1.94. The highest BCUT2D eigenvalue weighted by Crippen LogP contribution is 2.04. The Morgan fingerprint density at radius 1 is 1.57 bits per heavy atom. The highest BCUT2D eigenvalue weighted by atomic mass is 16.7. The smallest absolute Gasteiger partial charge is 0.221 e. The van der Waals surface area contributed by atoms with Gasteiger partial charge in [-0.25, -0.2) is 0 Å². The van der Waals surface area contributed by atoms with E-state index in [0.29, 0.717) is 19.8 Å². The summed E-state index contributed by atoms with van der Waals surface area (Å²) in [6.07, 6.45) is 1.67. The lowest BCUT2D eigenvalue weighted by atomic mass is 10.2. The van der Waals surface area contributed by atoms with Gasteiger partial charge < -0.3 is 20.1 Å². The van der Waals surface area contributed by atoms with Crippen molar-refractivity contribution in [3.63, 3.8) is 0 Å². The summed E-state index contributed by atoms with van der Waals surface area (Å²) in [4.78, 5) is 10.9. The van der Waals surface area contributed by atoms with Crippen LogP contribution in [-0.2, 0) is 14.3 Å². The second-order valence-electron chi connectivity index (χ2n) is 3.23. The third-order valence-electron chi connectivity index (χ3n) is 2.15. The molecule has 14 heavy (non-hydrogen) atoms. The third-order valence-corrected chi connectivity index (χ3v) is 2.15. The van der Waals surface area contributed by atoms with Crippen LogP contribution in [0.5, 0.6) is 0 Å². The van der Waals surface area contributed by atoms with Crippen LogP contribution in [0.15, 0.2) is 0 Å². The minimum atomic E-state index is 0.0606. The molecule has 0 bridgehead atoms. The molecule has 82 valence electrons. The fourth-order valence-electron chi connectivity index (χ4n) is 1.25. The van der Waals surface area contributed by atoms with Crippen molar-refractivity contribution in [2.24, 2.45) is 0 Å². The minimum Gasteiger partial charge on any atom is -0.359 e. The zero-order chi connectivity index (χ0) is 10.2. The van der Waals surface area contributed by atoms with E-state index in [1.807, 2.05) is 0 Å². The molecule has 1 fully saturated rings. The molecule has 1 aliphatic heterocycles. The maximum atomic E-state index is 10.9. The topological polar surface area (TPSA) is 59.6 Å². The average Bonchev–Trinajstić information content (AvgIpc) is 2.25. The average molecular weight is 202 g/mol. The van der Waals surface area contributed by atoms with Crippen molar-refractivity contribution in [3.05, 3.63) is 0 Å². The first-order chi connectivity index (χ1) is 6.83. The molecule has 1 rings (SSSR count). The first-order valence-corrected chi connectivity index (χ1v) is 4.93. The van der Waals surface area contributed by atoms with Gasteiger partial charge in [-0.05, 0) is 6.42 Å². The van der Waals surface area contributed by atoms with Gasteiger partial charge in [0.2, 0.25) is 5.91 Å². The van der Waals surface area contributed by atoms with Crippen molar-refractivity contribution in [2.75, 3.05) is 33.5 Å². The summed E-state index contributed by atoms with van der Waals surface area (Å²) >= 11 is 0. The van der Waals surface area contributed by atoms with Crippen molar-refractivity contribution < 1.29 is 14.3 Å². The molecule has 0 saturated carbocycles. The maximum absolute atomic E-state index is 10.9. The van der Waals surface area contributed by atoms with Crippen LogP contribution in [0, 0.1) is 0 Å². The Morgan fingerprint density at radius 3 is 3.07 bits per heavy atom. The van der Waals surface area contributed by atoms with Crippen LogP contribution in [0.1, 0.15) is 12.8 Å². The number of hydrogen-bond donors (Lipinski definition) is 2. The third kappa shape index (κ3) is 4.55. The summed E-state index contributed by atoms with van der Waals surface area (Å²) in [7, 11) is 1.64. The molecule has 1 unspecified atom stereocenters. The van der Waals surface area contributed by atoms with Gasteiger partial charge in [-0.3, -0.25) is 4.79 Å². The summed E-state index contributed by atoms with van der Waals surface area (Å²) in [6, 6.07) is 0. The second-order valence-corrected chi connectivity index (χ2v) is 3.23. The fourth-order valence-corrected chi connectivity index (χ4v) is 1.25. The van der Waals surface area contributed by atoms with Crippen molar-refractivity contribution in [3.8, 4) is 0 Å². The van der Waals surface area contributed by atoms with Gasteiger partial charge in [0.1, 0.15) is 6.79 Å². The minimum absolute atomic E-state index is 0.0606. The zero-order valence-corrected chi connectivity index (χ0v) is 8.54. The van der Waals surface area contributed by atoms with Gasteiger partial charge in [0.15, 0.2) is 0 Å². The highest BCUT2D eigenvalue weighted by Gasteiger charge is 2.13. The molecule has 1 atom stereocenters. The fraction of sp³-hybridized carbons (Fsp3) is 0.889. The number of rotatable bonds is 5. The van der Waals surface area contributed by atoms with Gasteiger partial charge in [-0.15, -0.1) is 0 Å². The summed E-state index contributed by atoms with van der Waals surface area (Å²) in [6.45, 7) is 2.64. The summed E-state index contributed by atoms with van der Waals surface area (Å²) in [5, 5.41) is 5.75. The maximum Gasteiger partial charge on any atom is 0.221 e. The number of ether oxygens (including phenoxy) is 2. The lowest BCUT2D eigenvalue weighted by Gasteiger charge is -2.22. The normalized spacial score (nSPS) is 21.9. The second kappa shape index (κ2) is 6.75. The van der Waals surface area contributed by atoms with Crippen LogP contribution in [-0.4, -0.2) is 45.5 Å². The highest BCUT2D eigenvalue weighted by molar-refractivity contribution is 5.75. The lowest BCUT2D eigenvalue weighted by Crippen LogP contribution is -2.35. The Kier molecular flexibility index (Phi) is 5.51. The summed E-state index contributed by atoms with van der Waals surface area (Å²) < 4.78 is 10.4. The largest absolute Gasteiger partial charge is 0.359 e. The van der Waals surface area contributed by atoms with E-state index < -0.39 is 0 Å². The van der Waals surface area contributed by atoms with Crippen LogP contribution in [0.3, 0.4) is 0 Å². The Bertz CT molecular complexity index is 169. The number of carbonyl (C=O) groups is 1. The van der Waals surface area contributed by atoms with Gasteiger partial charge in [0, 0.05) is 26.6 Å². The van der Waals surface area contributed by atoms with Crippen LogP contribution in [0.25, 0.3) is 0 Å². The monoisotopic (exact) mass is 202 g/mol. The molecule has 0 aromatic carbocycles. The molecular weight excluding hydrogens is 184 g/mol. The van der Waals surface area contributed by atoms with Crippen LogP contribution < -0.4 is 10.6 Å². The lowest BCUT2D eigenvalue weighted by molar-refractivity contribution is -0.137. The Morgan fingerprint density at radius 2 is 2.43 bits per heavy atom. The predicted molar refractivity (Wildman–Crippen MR) is 51.9 cm³/mol. The van der Waals surface area contributed by atoms with E-state index in [2.05, 4.69) is 10.6 Å². The van der Waals surface area contributed by atoms with Crippen LogP contribution in [0.2, 0.25) is 0 Å². The van der Waals surface area contributed by atoms with Gasteiger partial charge >= 0.3 is 0 Å². The van der Waals surface area contributed by atoms with Gasteiger partial charge in [0.05, 0.1) is 12.7 Å². The molecule has 0 aliphatic carbocycles. The van der Waals surface area contributed by atoms with Crippen molar-refractivity contribution >= 4 is 5.91 Å². The van der Waals surface area contributed by atoms with E-state index in [0.717, 1.165) is 19.6 Å². The van der Waals surface area contributed by atoms with E-state index in [1.54, 1.807) is 7.05 Å². The molecule has 0 radical (unpaired) electrons.